The van der Waals surface area contributed by atoms with E-state index in [1.165, 1.54) is 11.1 Å². The van der Waals surface area contributed by atoms with Crippen molar-refractivity contribution in [3.63, 3.8) is 0 Å². The molecule has 0 bridgehead atoms. The largest absolute Gasteiger partial charge is 0.493 e. The minimum Gasteiger partial charge on any atom is -0.493 e. The molecule has 0 aromatic heterocycles. The number of ether oxygens (including phenoxy) is 2. The third kappa shape index (κ3) is 3.20. The number of nitrogens with zero attached hydrogens (tertiary/aromatic N) is 1. The molecule has 1 aromatic carbocycles. The molecular formula is C19H29NO3. The lowest BCUT2D eigenvalue weighted by Crippen LogP contribution is -2.48. The minimum atomic E-state index is -0.210. The summed E-state index contributed by atoms with van der Waals surface area (Å²) in [5, 5.41) is 10.6. The van der Waals surface area contributed by atoms with Gasteiger partial charge in [0, 0.05) is 19.1 Å². The quantitative estimate of drug-likeness (QED) is 0.926. The summed E-state index contributed by atoms with van der Waals surface area (Å²) in [6.45, 7) is 6.54. The van der Waals surface area contributed by atoms with Crippen LogP contribution in [0.3, 0.4) is 0 Å². The van der Waals surface area contributed by atoms with Crippen molar-refractivity contribution in [3.8, 4) is 11.5 Å². The highest BCUT2D eigenvalue weighted by Crippen LogP contribution is 2.43. The second kappa shape index (κ2) is 6.70. The van der Waals surface area contributed by atoms with Crippen LogP contribution in [0, 0.1) is 11.8 Å². The fraction of sp³-hybridized carbons (Fsp3) is 0.684. The number of benzene rings is 1. The number of fused-ring (bicyclic) bond motifs is 3. The summed E-state index contributed by atoms with van der Waals surface area (Å²) in [4.78, 5) is 2.55. The number of piperidine rings is 1. The van der Waals surface area contributed by atoms with Crippen LogP contribution in [-0.4, -0.2) is 43.4 Å². The molecule has 3 atom stereocenters. The molecule has 1 fully saturated rings. The van der Waals surface area contributed by atoms with E-state index in [2.05, 4.69) is 30.9 Å². The summed E-state index contributed by atoms with van der Waals surface area (Å²) in [7, 11) is 3.36. The van der Waals surface area contributed by atoms with Gasteiger partial charge in [0.25, 0.3) is 0 Å². The molecule has 0 aliphatic carbocycles. The van der Waals surface area contributed by atoms with E-state index in [1.54, 1.807) is 14.2 Å². The first-order chi connectivity index (χ1) is 11.0. The summed E-state index contributed by atoms with van der Waals surface area (Å²) in [5.74, 6) is 2.61. The standard InChI is InChI=1S/C19H29NO3/c1-12(2)7-14-11-20-6-5-13-8-18(22-3)19(23-4)9-15(13)16(20)10-17(14)21/h8-9,12,14,16-17,21H,5-7,10-11H2,1-4H3/t14-,16-,17-/m1/s1/i3-1. The molecule has 0 radical (unpaired) electrons. The topological polar surface area (TPSA) is 41.9 Å². The number of methoxy groups -OCH3 is 2. The van der Waals surface area contributed by atoms with Gasteiger partial charge in [-0.25, -0.2) is 0 Å². The molecule has 1 aromatic rings. The maximum absolute atomic E-state index is 10.6. The van der Waals surface area contributed by atoms with Gasteiger partial charge in [-0.05, 0) is 54.4 Å². The summed E-state index contributed by atoms with van der Waals surface area (Å²) in [6, 6.07) is 4.52. The molecule has 2 heterocycles. The predicted octanol–water partition coefficient (Wildman–Crippen LogP) is 3.03. The lowest BCUT2D eigenvalue weighted by Gasteiger charge is -2.46. The van der Waals surface area contributed by atoms with Crippen LogP contribution >= 0.6 is 0 Å². The van der Waals surface area contributed by atoms with E-state index in [4.69, 9.17) is 9.47 Å². The lowest BCUT2D eigenvalue weighted by molar-refractivity contribution is -0.0191. The average molecular weight is 318 g/mol. The Balaban J connectivity index is 1.87. The SMILES string of the molecule is COc1cc2c(cc1O[11CH3])CCN1C[C@@H](CC(C)C)[C@H](O)C[C@H]21. The summed E-state index contributed by atoms with van der Waals surface area (Å²) < 4.78 is 10.9. The molecule has 128 valence electrons. The molecule has 0 unspecified atom stereocenters. The highest BCUT2D eigenvalue weighted by atomic mass is 16.5. The second-order valence-corrected chi connectivity index (χ2v) is 7.36. The highest BCUT2D eigenvalue weighted by Gasteiger charge is 2.38. The Bertz CT molecular complexity index is 558. The second-order valence-electron chi connectivity index (χ2n) is 7.36. The molecule has 0 spiro atoms. The molecule has 0 saturated carbocycles. The zero-order chi connectivity index (χ0) is 16.6. The first-order valence-corrected chi connectivity index (χ1v) is 8.70. The van der Waals surface area contributed by atoms with Gasteiger partial charge in [0.2, 0.25) is 0 Å². The van der Waals surface area contributed by atoms with Crippen molar-refractivity contribution in [1.29, 1.82) is 0 Å². The van der Waals surface area contributed by atoms with E-state index in [9.17, 15) is 5.11 Å². The van der Waals surface area contributed by atoms with Crippen LogP contribution in [0.4, 0.5) is 0 Å². The molecule has 4 nitrogen and oxygen atoms in total. The highest BCUT2D eigenvalue weighted by molar-refractivity contribution is 5.49. The normalized spacial score (nSPS) is 27.5. The summed E-state index contributed by atoms with van der Waals surface area (Å²) >= 11 is 0. The van der Waals surface area contributed by atoms with Gasteiger partial charge in [-0.1, -0.05) is 13.8 Å². The van der Waals surface area contributed by atoms with Gasteiger partial charge in [0.05, 0.1) is 20.3 Å². The van der Waals surface area contributed by atoms with Gasteiger partial charge in [-0.3, -0.25) is 4.90 Å². The third-order valence-corrected chi connectivity index (χ3v) is 5.37. The van der Waals surface area contributed by atoms with Crippen molar-refractivity contribution in [2.24, 2.45) is 11.8 Å². The molecule has 4 heteroatoms. The van der Waals surface area contributed by atoms with Crippen LogP contribution in [0.5, 0.6) is 11.5 Å². The Labute approximate surface area is 139 Å². The van der Waals surface area contributed by atoms with Gasteiger partial charge in [-0.15, -0.1) is 0 Å². The number of rotatable bonds is 4. The number of hydrogen-bond donors (Lipinski definition) is 1. The van der Waals surface area contributed by atoms with Crippen LogP contribution in [0.2, 0.25) is 0 Å². The maximum Gasteiger partial charge on any atom is 0.161 e. The lowest BCUT2D eigenvalue weighted by atomic mass is 9.79. The number of hydrogen-bond acceptors (Lipinski definition) is 4. The molecule has 2 aliphatic rings. The molecule has 0 amide bonds. The maximum atomic E-state index is 10.6. The van der Waals surface area contributed by atoms with Crippen LogP contribution in [0.25, 0.3) is 0 Å². The smallest absolute Gasteiger partial charge is 0.161 e. The molecule has 3 rings (SSSR count). The van der Waals surface area contributed by atoms with Crippen molar-refractivity contribution in [2.45, 2.75) is 45.3 Å². The van der Waals surface area contributed by atoms with Crippen molar-refractivity contribution >= 4 is 0 Å². The minimum absolute atomic E-state index is 0.210. The predicted molar refractivity (Wildman–Crippen MR) is 91.1 cm³/mol. The fourth-order valence-electron chi connectivity index (χ4n) is 4.26. The van der Waals surface area contributed by atoms with E-state index < -0.39 is 0 Å². The summed E-state index contributed by atoms with van der Waals surface area (Å²) in [5.41, 5.74) is 2.63. The van der Waals surface area contributed by atoms with Gasteiger partial charge in [-0.2, -0.15) is 0 Å². The first kappa shape index (κ1) is 16.6. The fourth-order valence-corrected chi connectivity index (χ4v) is 4.26. The van der Waals surface area contributed by atoms with E-state index in [0.29, 0.717) is 17.9 Å². The number of aliphatic hydroxyl groups excluding tert-OH is 1. The van der Waals surface area contributed by atoms with Gasteiger partial charge >= 0.3 is 0 Å². The zero-order valence-electron chi connectivity index (χ0n) is 14.7. The van der Waals surface area contributed by atoms with E-state index in [-0.39, 0.29) is 6.10 Å². The molecule has 1 saturated heterocycles. The van der Waals surface area contributed by atoms with Gasteiger partial charge in [0.15, 0.2) is 11.5 Å². The molecular weight excluding hydrogens is 289 g/mol. The average Bonchev–Trinajstić information content (AvgIpc) is 2.53. The van der Waals surface area contributed by atoms with E-state index in [0.717, 1.165) is 43.9 Å². The number of aliphatic hydroxyl groups is 1. The van der Waals surface area contributed by atoms with Crippen molar-refractivity contribution in [1.82, 2.24) is 4.90 Å². The Morgan fingerprint density at radius 1 is 1.22 bits per heavy atom. The zero-order valence-corrected chi connectivity index (χ0v) is 14.7. The third-order valence-electron chi connectivity index (χ3n) is 5.37. The Kier molecular flexibility index (Phi) is 4.83. The van der Waals surface area contributed by atoms with E-state index >= 15 is 0 Å². The van der Waals surface area contributed by atoms with Crippen LogP contribution in [0.15, 0.2) is 12.1 Å². The molecule has 23 heavy (non-hydrogen) atoms. The first-order valence-electron chi connectivity index (χ1n) is 8.70. The van der Waals surface area contributed by atoms with Crippen LogP contribution in [-0.2, 0) is 6.42 Å². The summed E-state index contributed by atoms with van der Waals surface area (Å²) in [6.07, 6.45) is 2.75. The van der Waals surface area contributed by atoms with Crippen molar-refractivity contribution < 1.29 is 14.6 Å². The Morgan fingerprint density at radius 3 is 2.57 bits per heavy atom. The van der Waals surface area contributed by atoms with Crippen molar-refractivity contribution in [3.05, 3.63) is 23.3 Å². The van der Waals surface area contributed by atoms with Crippen LogP contribution in [0.1, 0.15) is 43.9 Å². The monoisotopic (exact) mass is 318 g/mol. The van der Waals surface area contributed by atoms with E-state index in [1.807, 2.05) is 0 Å². The molecule has 1 N–H and O–H groups in total. The Hall–Kier alpha value is -1.26. The molecule has 2 aliphatic heterocycles. The van der Waals surface area contributed by atoms with Crippen LogP contribution < -0.4 is 9.47 Å². The van der Waals surface area contributed by atoms with Gasteiger partial charge < -0.3 is 14.6 Å². The Morgan fingerprint density at radius 2 is 1.91 bits per heavy atom. The van der Waals surface area contributed by atoms with Crippen molar-refractivity contribution in [2.75, 3.05) is 27.3 Å². The van der Waals surface area contributed by atoms with Gasteiger partial charge in [0.1, 0.15) is 0 Å².